The van der Waals surface area contributed by atoms with Crippen molar-refractivity contribution in [2.24, 2.45) is 11.8 Å². The largest absolute Gasteiger partial charge is 0.389 e. The second-order valence-corrected chi connectivity index (χ2v) is 6.94. The molecule has 3 heteroatoms. The van der Waals surface area contributed by atoms with E-state index >= 15 is 0 Å². The van der Waals surface area contributed by atoms with Crippen LogP contribution in [0.4, 0.5) is 0 Å². The Bertz CT molecular complexity index is 261. The molecule has 0 spiro atoms. The molecule has 1 heterocycles. The van der Waals surface area contributed by atoms with Crippen LogP contribution in [0.15, 0.2) is 0 Å². The van der Waals surface area contributed by atoms with E-state index in [1.165, 1.54) is 32.2 Å². The minimum absolute atomic E-state index is 0.322. The van der Waals surface area contributed by atoms with E-state index < -0.39 is 5.60 Å². The highest BCUT2D eigenvalue weighted by Crippen LogP contribution is 2.24. The van der Waals surface area contributed by atoms with Crippen LogP contribution in [0.25, 0.3) is 0 Å². The first kappa shape index (κ1) is 14.3. The molecule has 0 bridgehead atoms. The average Bonchev–Trinajstić information content (AvgIpc) is 3.10. The molecule has 3 nitrogen and oxygen atoms in total. The molecule has 0 aromatic rings. The SMILES string of the molecule is CC(C)C(C)(O)CN1CCCC(CNC2CC2)C1. The molecule has 1 aliphatic carbocycles. The van der Waals surface area contributed by atoms with Gasteiger partial charge in [0.15, 0.2) is 0 Å². The van der Waals surface area contributed by atoms with E-state index in [9.17, 15) is 5.11 Å². The van der Waals surface area contributed by atoms with Crippen molar-refractivity contribution in [3.8, 4) is 0 Å². The number of nitrogens with zero attached hydrogens (tertiary/aromatic N) is 1. The average molecular weight is 254 g/mol. The quantitative estimate of drug-likeness (QED) is 0.759. The van der Waals surface area contributed by atoms with Gasteiger partial charge in [0.05, 0.1) is 5.60 Å². The summed E-state index contributed by atoms with van der Waals surface area (Å²) in [6, 6.07) is 0.819. The fourth-order valence-corrected chi connectivity index (χ4v) is 2.72. The van der Waals surface area contributed by atoms with E-state index in [4.69, 9.17) is 0 Å². The molecule has 0 aromatic carbocycles. The van der Waals surface area contributed by atoms with Gasteiger partial charge in [-0.1, -0.05) is 13.8 Å². The number of nitrogens with one attached hydrogen (secondary N) is 1. The van der Waals surface area contributed by atoms with Crippen LogP contribution in [-0.4, -0.2) is 47.8 Å². The second-order valence-electron chi connectivity index (χ2n) is 6.94. The summed E-state index contributed by atoms with van der Waals surface area (Å²) in [6.45, 7) is 10.5. The molecule has 1 saturated carbocycles. The molecular formula is C15H30N2O. The fourth-order valence-electron chi connectivity index (χ4n) is 2.72. The Balaban J connectivity index is 1.74. The van der Waals surface area contributed by atoms with Crippen molar-refractivity contribution in [2.45, 2.75) is 58.1 Å². The maximum absolute atomic E-state index is 10.4. The minimum Gasteiger partial charge on any atom is -0.389 e. The van der Waals surface area contributed by atoms with Gasteiger partial charge in [0.2, 0.25) is 0 Å². The summed E-state index contributed by atoms with van der Waals surface area (Å²) in [5.41, 5.74) is -0.550. The van der Waals surface area contributed by atoms with Gasteiger partial charge in [0, 0.05) is 19.1 Å². The Kier molecular flexibility index (Phi) is 4.68. The lowest BCUT2D eigenvalue weighted by Gasteiger charge is -2.39. The van der Waals surface area contributed by atoms with E-state index in [1.807, 2.05) is 6.92 Å². The van der Waals surface area contributed by atoms with Crippen LogP contribution in [0.2, 0.25) is 0 Å². The third-order valence-electron chi connectivity index (χ3n) is 4.66. The van der Waals surface area contributed by atoms with E-state index in [0.717, 1.165) is 31.6 Å². The standard InChI is InChI=1S/C15H30N2O/c1-12(2)15(3,18)11-17-8-4-5-13(10-17)9-16-14-6-7-14/h12-14,16,18H,4-11H2,1-3H3. The van der Waals surface area contributed by atoms with Crippen LogP contribution in [0.3, 0.4) is 0 Å². The molecule has 2 fully saturated rings. The second kappa shape index (κ2) is 5.89. The molecule has 2 unspecified atom stereocenters. The number of likely N-dealkylation sites (tertiary alicyclic amines) is 1. The van der Waals surface area contributed by atoms with Crippen LogP contribution in [0.5, 0.6) is 0 Å². The maximum Gasteiger partial charge on any atom is 0.0768 e. The number of β-amino-alcohol motifs (C(OH)–C–C–N with tert-alkyl or cyclic N) is 1. The molecule has 2 rings (SSSR count). The zero-order chi connectivity index (χ0) is 13.2. The Morgan fingerprint density at radius 3 is 2.67 bits per heavy atom. The summed E-state index contributed by atoms with van der Waals surface area (Å²) < 4.78 is 0. The summed E-state index contributed by atoms with van der Waals surface area (Å²) in [7, 11) is 0. The number of piperidine rings is 1. The van der Waals surface area contributed by atoms with Crippen LogP contribution >= 0.6 is 0 Å². The smallest absolute Gasteiger partial charge is 0.0768 e. The molecular weight excluding hydrogens is 224 g/mol. The van der Waals surface area contributed by atoms with Crippen molar-refractivity contribution >= 4 is 0 Å². The third-order valence-corrected chi connectivity index (χ3v) is 4.66. The van der Waals surface area contributed by atoms with Crippen LogP contribution in [0.1, 0.15) is 46.5 Å². The fraction of sp³-hybridized carbons (Fsp3) is 1.00. The van der Waals surface area contributed by atoms with Crippen molar-refractivity contribution in [3.63, 3.8) is 0 Å². The molecule has 106 valence electrons. The predicted molar refractivity (Wildman–Crippen MR) is 75.7 cm³/mol. The topological polar surface area (TPSA) is 35.5 Å². The highest BCUT2D eigenvalue weighted by Gasteiger charge is 2.31. The molecule has 0 radical (unpaired) electrons. The molecule has 0 aromatic heterocycles. The minimum atomic E-state index is -0.550. The van der Waals surface area contributed by atoms with E-state index in [-0.39, 0.29) is 0 Å². The van der Waals surface area contributed by atoms with Crippen LogP contribution in [-0.2, 0) is 0 Å². The first-order chi connectivity index (χ1) is 8.47. The van der Waals surface area contributed by atoms with Gasteiger partial charge in [0.1, 0.15) is 0 Å². The van der Waals surface area contributed by atoms with Gasteiger partial charge >= 0.3 is 0 Å². The van der Waals surface area contributed by atoms with Crippen molar-refractivity contribution in [2.75, 3.05) is 26.2 Å². The zero-order valence-electron chi connectivity index (χ0n) is 12.3. The first-order valence-corrected chi connectivity index (χ1v) is 7.65. The van der Waals surface area contributed by atoms with Gasteiger partial charge in [-0.3, -0.25) is 0 Å². The van der Waals surface area contributed by atoms with Gasteiger partial charge in [-0.25, -0.2) is 0 Å². The highest BCUT2D eigenvalue weighted by molar-refractivity contribution is 4.86. The molecule has 1 saturated heterocycles. The van der Waals surface area contributed by atoms with Crippen molar-refractivity contribution in [3.05, 3.63) is 0 Å². The van der Waals surface area contributed by atoms with Crippen molar-refractivity contribution < 1.29 is 5.11 Å². The van der Waals surface area contributed by atoms with Crippen molar-refractivity contribution in [1.29, 1.82) is 0 Å². The summed E-state index contributed by atoms with van der Waals surface area (Å²) in [6.07, 6.45) is 5.38. The Hall–Kier alpha value is -0.120. The lowest BCUT2D eigenvalue weighted by molar-refractivity contribution is -0.0276. The molecule has 2 atom stereocenters. The van der Waals surface area contributed by atoms with Crippen LogP contribution in [0, 0.1) is 11.8 Å². The first-order valence-electron chi connectivity index (χ1n) is 7.65. The van der Waals surface area contributed by atoms with Crippen LogP contribution < -0.4 is 5.32 Å². The summed E-state index contributed by atoms with van der Waals surface area (Å²) in [5, 5.41) is 14.0. The summed E-state index contributed by atoms with van der Waals surface area (Å²) >= 11 is 0. The number of aliphatic hydroxyl groups is 1. The third kappa shape index (κ3) is 4.22. The number of hydrogen-bond acceptors (Lipinski definition) is 3. The lowest BCUT2D eigenvalue weighted by Crippen LogP contribution is -2.49. The molecule has 18 heavy (non-hydrogen) atoms. The Morgan fingerprint density at radius 2 is 2.06 bits per heavy atom. The van der Waals surface area contributed by atoms with E-state index in [0.29, 0.717) is 5.92 Å². The predicted octanol–water partition coefficient (Wildman–Crippen LogP) is 1.86. The Morgan fingerprint density at radius 1 is 1.33 bits per heavy atom. The maximum atomic E-state index is 10.4. The summed E-state index contributed by atoms with van der Waals surface area (Å²) in [4.78, 5) is 2.46. The van der Waals surface area contributed by atoms with Crippen molar-refractivity contribution in [1.82, 2.24) is 10.2 Å². The summed E-state index contributed by atoms with van der Waals surface area (Å²) in [5.74, 6) is 1.10. The number of rotatable bonds is 6. The van der Waals surface area contributed by atoms with E-state index in [1.54, 1.807) is 0 Å². The zero-order valence-corrected chi connectivity index (χ0v) is 12.3. The Labute approximate surface area is 112 Å². The van der Waals surface area contributed by atoms with E-state index in [2.05, 4.69) is 24.1 Å². The number of hydrogen-bond donors (Lipinski definition) is 2. The van der Waals surface area contributed by atoms with Gasteiger partial charge in [-0.15, -0.1) is 0 Å². The molecule has 1 aliphatic heterocycles. The lowest BCUT2D eigenvalue weighted by atomic mass is 9.90. The molecule has 2 aliphatic rings. The van der Waals surface area contributed by atoms with Gasteiger partial charge < -0.3 is 15.3 Å². The molecule has 0 amide bonds. The normalized spacial score (nSPS) is 29.5. The highest BCUT2D eigenvalue weighted by atomic mass is 16.3. The molecule has 2 N–H and O–H groups in total. The van der Waals surface area contributed by atoms with Gasteiger partial charge in [-0.05, 0) is 57.5 Å². The van der Waals surface area contributed by atoms with Gasteiger partial charge in [-0.2, -0.15) is 0 Å². The van der Waals surface area contributed by atoms with Gasteiger partial charge in [0.25, 0.3) is 0 Å². The monoisotopic (exact) mass is 254 g/mol.